The lowest BCUT2D eigenvalue weighted by atomic mass is 10.1. The molecule has 1 aliphatic rings. The highest BCUT2D eigenvalue weighted by molar-refractivity contribution is 6.31. The Kier molecular flexibility index (Phi) is 5.79. The molecule has 144 valence electrons. The van der Waals surface area contributed by atoms with Crippen molar-refractivity contribution in [3.8, 4) is 0 Å². The number of carbonyl (C=O) groups excluding carboxylic acids is 1. The normalized spacial score (nSPS) is 18.3. The predicted octanol–water partition coefficient (Wildman–Crippen LogP) is 3.99. The largest absolute Gasteiger partial charge is 0.365 e. The molecule has 1 unspecified atom stereocenters. The van der Waals surface area contributed by atoms with Gasteiger partial charge in [-0.3, -0.25) is 4.98 Å². The SMILES string of the molecule is CC(NC(=O)N1CCN(c2ccncc2F)C[C@H]1C)c1ccc(F)cc1Cl. The van der Waals surface area contributed by atoms with Gasteiger partial charge in [0.25, 0.3) is 0 Å². The van der Waals surface area contributed by atoms with Crippen LogP contribution in [-0.4, -0.2) is 41.6 Å². The number of piperazine rings is 1. The molecule has 2 heterocycles. The Bertz CT molecular complexity index is 835. The van der Waals surface area contributed by atoms with E-state index < -0.39 is 5.82 Å². The van der Waals surface area contributed by atoms with E-state index in [9.17, 15) is 13.6 Å². The van der Waals surface area contributed by atoms with Crippen molar-refractivity contribution in [2.24, 2.45) is 0 Å². The summed E-state index contributed by atoms with van der Waals surface area (Å²) in [6.07, 6.45) is 2.74. The Morgan fingerprint density at radius 2 is 2.11 bits per heavy atom. The number of benzene rings is 1. The van der Waals surface area contributed by atoms with Gasteiger partial charge in [0.15, 0.2) is 5.82 Å². The summed E-state index contributed by atoms with van der Waals surface area (Å²) < 4.78 is 27.2. The molecule has 2 amide bonds. The van der Waals surface area contributed by atoms with Gasteiger partial charge in [-0.2, -0.15) is 0 Å². The van der Waals surface area contributed by atoms with Crippen LogP contribution in [0.15, 0.2) is 36.7 Å². The van der Waals surface area contributed by atoms with E-state index in [1.165, 1.54) is 18.3 Å². The number of nitrogens with zero attached hydrogens (tertiary/aromatic N) is 3. The summed E-state index contributed by atoms with van der Waals surface area (Å²) in [5.41, 5.74) is 1.14. The van der Waals surface area contributed by atoms with Gasteiger partial charge in [-0.25, -0.2) is 13.6 Å². The number of aromatic nitrogens is 1. The molecule has 0 aliphatic carbocycles. The topological polar surface area (TPSA) is 48.5 Å². The monoisotopic (exact) mass is 394 g/mol. The summed E-state index contributed by atoms with van der Waals surface area (Å²) >= 11 is 6.07. The van der Waals surface area contributed by atoms with Crippen molar-refractivity contribution >= 4 is 23.3 Å². The van der Waals surface area contributed by atoms with Crippen molar-refractivity contribution in [2.45, 2.75) is 25.9 Å². The molecule has 1 saturated heterocycles. The van der Waals surface area contributed by atoms with Gasteiger partial charge in [-0.1, -0.05) is 17.7 Å². The summed E-state index contributed by atoms with van der Waals surface area (Å²) in [6, 6.07) is 5.03. The Morgan fingerprint density at radius 1 is 1.33 bits per heavy atom. The molecule has 0 saturated carbocycles. The second kappa shape index (κ2) is 8.08. The molecule has 5 nitrogen and oxygen atoms in total. The first-order chi connectivity index (χ1) is 12.9. The Labute approximate surface area is 161 Å². The minimum absolute atomic E-state index is 0.109. The van der Waals surface area contributed by atoms with Crippen LogP contribution in [0.3, 0.4) is 0 Å². The summed E-state index contributed by atoms with van der Waals surface area (Å²) in [5, 5.41) is 3.17. The Balaban J connectivity index is 1.64. The third-order valence-corrected chi connectivity index (χ3v) is 5.08. The second-order valence-corrected chi connectivity index (χ2v) is 7.06. The van der Waals surface area contributed by atoms with Crippen LogP contribution in [0.1, 0.15) is 25.5 Å². The lowest BCUT2D eigenvalue weighted by Crippen LogP contribution is -2.57. The first-order valence-corrected chi connectivity index (χ1v) is 9.11. The van der Waals surface area contributed by atoms with Crippen molar-refractivity contribution < 1.29 is 13.6 Å². The van der Waals surface area contributed by atoms with Crippen molar-refractivity contribution in [3.05, 3.63) is 58.9 Å². The number of amides is 2. The zero-order valence-corrected chi connectivity index (χ0v) is 15.9. The Morgan fingerprint density at radius 3 is 2.78 bits per heavy atom. The number of pyridine rings is 1. The maximum atomic E-state index is 13.9. The van der Waals surface area contributed by atoms with Gasteiger partial charge >= 0.3 is 6.03 Å². The van der Waals surface area contributed by atoms with Crippen LogP contribution in [0.5, 0.6) is 0 Å². The molecular weight excluding hydrogens is 374 g/mol. The van der Waals surface area contributed by atoms with Crippen LogP contribution in [0.25, 0.3) is 0 Å². The molecule has 27 heavy (non-hydrogen) atoms. The highest BCUT2D eigenvalue weighted by atomic mass is 35.5. The van der Waals surface area contributed by atoms with Gasteiger partial charge in [0, 0.05) is 36.9 Å². The molecule has 2 atom stereocenters. The Hall–Kier alpha value is -2.41. The van der Waals surface area contributed by atoms with Crippen LogP contribution in [-0.2, 0) is 0 Å². The smallest absolute Gasteiger partial charge is 0.318 e. The molecule has 2 aromatic rings. The van der Waals surface area contributed by atoms with Gasteiger partial charge in [-0.15, -0.1) is 0 Å². The standard InChI is InChI=1S/C19H21ClF2N4O/c1-12-11-25(18-5-6-23-10-17(18)22)7-8-26(12)19(27)24-13(2)15-4-3-14(21)9-16(15)20/h3-6,9-10,12-13H,7-8,11H2,1-2H3,(H,24,27)/t12-,13?/m1/s1. The van der Waals surface area contributed by atoms with Gasteiger partial charge in [-0.05, 0) is 37.6 Å². The first kappa shape index (κ1) is 19.4. The molecule has 1 aromatic carbocycles. The minimum Gasteiger partial charge on any atom is -0.365 e. The number of urea groups is 1. The summed E-state index contributed by atoms with van der Waals surface area (Å²) in [7, 11) is 0. The maximum Gasteiger partial charge on any atom is 0.318 e. The fourth-order valence-corrected chi connectivity index (χ4v) is 3.63. The third kappa shape index (κ3) is 4.30. The van der Waals surface area contributed by atoms with Crippen LogP contribution < -0.4 is 10.2 Å². The number of rotatable bonds is 3. The zero-order valence-electron chi connectivity index (χ0n) is 15.1. The molecule has 1 aromatic heterocycles. The number of carbonyl (C=O) groups is 1. The van der Waals surface area contributed by atoms with Crippen molar-refractivity contribution in [1.29, 1.82) is 0 Å². The lowest BCUT2D eigenvalue weighted by molar-refractivity contribution is 0.168. The fraction of sp³-hybridized carbons (Fsp3) is 0.368. The summed E-state index contributed by atoms with van der Waals surface area (Å²) in [4.78, 5) is 20.1. The number of hydrogen-bond acceptors (Lipinski definition) is 3. The van der Waals surface area contributed by atoms with E-state index in [-0.39, 0.29) is 29.0 Å². The third-order valence-electron chi connectivity index (χ3n) is 4.75. The molecular formula is C19H21ClF2N4O. The van der Waals surface area contributed by atoms with E-state index in [1.807, 2.05) is 11.8 Å². The van der Waals surface area contributed by atoms with Gasteiger partial charge in [0.1, 0.15) is 5.82 Å². The quantitative estimate of drug-likeness (QED) is 0.856. The van der Waals surface area contributed by atoms with E-state index in [2.05, 4.69) is 10.3 Å². The molecule has 0 spiro atoms. The average molecular weight is 395 g/mol. The predicted molar refractivity (Wildman–Crippen MR) is 101 cm³/mol. The average Bonchev–Trinajstić information content (AvgIpc) is 2.61. The van der Waals surface area contributed by atoms with E-state index in [0.717, 1.165) is 0 Å². The molecule has 0 bridgehead atoms. The summed E-state index contributed by atoms with van der Waals surface area (Å²) in [5.74, 6) is -0.794. The number of anilines is 1. The molecule has 3 rings (SSSR count). The summed E-state index contributed by atoms with van der Waals surface area (Å²) in [6.45, 7) is 5.20. The van der Waals surface area contributed by atoms with Crippen LogP contribution in [0.2, 0.25) is 5.02 Å². The van der Waals surface area contributed by atoms with Crippen molar-refractivity contribution in [3.63, 3.8) is 0 Å². The van der Waals surface area contributed by atoms with E-state index >= 15 is 0 Å². The van der Waals surface area contributed by atoms with Crippen LogP contribution >= 0.6 is 11.6 Å². The van der Waals surface area contributed by atoms with Crippen LogP contribution in [0.4, 0.5) is 19.3 Å². The molecule has 0 radical (unpaired) electrons. The van der Waals surface area contributed by atoms with Crippen molar-refractivity contribution in [2.75, 3.05) is 24.5 Å². The zero-order chi connectivity index (χ0) is 19.6. The van der Waals surface area contributed by atoms with Gasteiger partial charge in [0.05, 0.1) is 17.9 Å². The van der Waals surface area contributed by atoms with E-state index in [1.54, 1.807) is 30.2 Å². The number of hydrogen-bond donors (Lipinski definition) is 1. The van der Waals surface area contributed by atoms with E-state index in [0.29, 0.717) is 30.9 Å². The maximum absolute atomic E-state index is 13.9. The first-order valence-electron chi connectivity index (χ1n) is 8.73. The number of nitrogens with one attached hydrogen (secondary N) is 1. The molecule has 1 fully saturated rings. The van der Waals surface area contributed by atoms with Crippen LogP contribution in [0, 0.1) is 11.6 Å². The minimum atomic E-state index is -0.421. The number of halogens is 3. The molecule has 1 N–H and O–H groups in total. The highest BCUT2D eigenvalue weighted by Crippen LogP contribution is 2.25. The highest BCUT2D eigenvalue weighted by Gasteiger charge is 2.29. The van der Waals surface area contributed by atoms with E-state index in [4.69, 9.17) is 11.6 Å². The lowest BCUT2D eigenvalue weighted by Gasteiger charge is -2.41. The fourth-order valence-electron chi connectivity index (χ4n) is 3.30. The van der Waals surface area contributed by atoms with Gasteiger partial charge < -0.3 is 15.1 Å². The second-order valence-electron chi connectivity index (χ2n) is 6.65. The molecule has 1 aliphatic heterocycles. The molecule has 8 heteroatoms. The van der Waals surface area contributed by atoms with Gasteiger partial charge in [0.2, 0.25) is 0 Å². The van der Waals surface area contributed by atoms with Crippen molar-refractivity contribution in [1.82, 2.24) is 15.2 Å².